The van der Waals surface area contributed by atoms with Crippen molar-refractivity contribution < 1.29 is 14.3 Å². The monoisotopic (exact) mass is 475 g/mol. The van der Waals surface area contributed by atoms with E-state index in [9.17, 15) is 9.59 Å². The first kappa shape index (κ1) is 24.0. The van der Waals surface area contributed by atoms with Gasteiger partial charge in [-0.1, -0.05) is 26.0 Å². The number of nitrogens with one attached hydrogen (secondary N) is 2. The van der Waals surface area contributed by atoms with Crippen LogP contribution in [0.1, 0.15) is 29.8 Å². The Hall–Kier alpha value is -4.14. The molecule has 4 rings (SSSR count). The molecular weight excluding hydrogens is 446 g/mol. The maximum absolute atomic E-state index is 13.3. The molecule has 4 aromatic rings. The van der Waals surface area contributed by atoms with Crippen molar-refractivity contribution in [2.45, 2.75) is 26.8 Å². The zero-order valence-corrected chi connectivity index (χ0v) is 20.3. The van der Waals surface area contributed by atoms with Gasteiger partial charge in [-0.3, -0.25) is 19.4 Å². The van der Waals surface area contributed by atoms with Crippen LogP contribution >= 0.6 is 0 Å². The van der Waals surface area contributed by atoms with Crippen molar-refractivity contribution in [1.82, 2.24) is 19.3 Å². The largest absolute Gasteiger partial charge is 0.493 e. The molecule has 9 heteroatoms. The Balaban J connectivity index is 1.85. The average Bonchev–Trinajstić information content (AvgIpc) is 2.86. The molecule has 3 heterocycles. The molecule has 9 nitrogen and oxygen atoms in total. The molecule has 0 saturated carbocycles. The van der Waals surface area contributed by atoms with Crippen molar-refractivity contribution in [3.8, 4) is 11.5 Å². The number of carbonyl (C=O) groups excluding carboxylic acids is 1. The zero-order chi connectivity index (χ0) is 25.1. The van der Waals surface area contributed by atoms with Crippen LogP contribution in [0.3, 0.4) is 0 Å². The number of aryl methyl sites for hydroxylation is 2. The standard InChI is InChI=1S/C26H29N5O4/c1-16(2)15-28-25(32)18-14-19-24(29-22-7-5-6-11-30(22)26(19)33)31(23(18)27)12-10-17-8-9-20(34-3)21(13-17)35-4/h5-9,11,13-14,16,27H,10,12,15H2,1-4H3,(H,28,32). The first-order valence-corrected chi connectivity index (χ1v) is 11.4. The van der Waals surface area contributed by atoms with Gasteiger partial charge in [0.05, 0.1) is 25.2 Å². The Morgan fingerprint density at radius 1 is 1.11 bits per heavy atom. The highest BCUT2D eigenvalue weighted by Gasteiger charge is 2.18. The van der Waals surface area contributed by atoms with E-state index >= 15 is 0 Å². The number of benzene rings is 1. The van der Waals surface area contributed by atoms with Crippen LogP contribution in [0.4, 0.5) is 0 Å². The number of hydrogen-bond acceptors (Lipinski definition) is 6. The summed E-state index contributed by atoms with van der Waals surface area (Å²) < 4.78 is 13.8. The van der Waals surface area contributed by atoms with Gasteiger partial charge in [0.2, 0.25) is 0 Å². The maximum atomic E-state index is 13.3. The summed E-state index contributed by atoms with van der Waals surface area (Å²) >= 11 is 0. The van der Waals surface area contributed by atoms with Crippen molar-refractivity contribution in [3.05, 3.63) is 75.6 Å². The van der Waals surface area contributed by atoms with Gasteiger partial charge in [0.15, 0.2) is 11.5 Å². The molecule has 0 bridgehead atoms. The minimum absolute atomic E-state index is 0.00594. The Labute approximate surface area is 202 Å². The van der Waals surface area contributed by atoms with Crippen LogP contribution in [0.25, 0.3) is 16.7 Å². The molecule has 35 heavy (non-hydrogen) atoms. The van der Waals surface area contributed by atoms with E-state index < -0.39 is 0 Å². The van der Waals surface area contributed by atoms with Crippen LogP contribution in [-0.2, 0) is 13.0 Å². The van der Waals surface area contributed by atoms with Gasteiger partial charge < -0.3 is 19.4 Å². The predicted octanol–water partition coefficient (Wildman–Crippen LogP) is 2.77. The maximum Gasteiger partial charge on any atom is 0.267 e. The summed E-state index contributed by atoms with van der Waals surface area (Å²) in [5.41, 5.74) is 1.65. The van der Waals surface area contributed by atoms with Gasteiger partial charge in [-0.2, -0.15) is 0 Å². The first-order chi connectivity index (χ1) is 16.8. The van der Waals surface area contributed by atoms with Gasteiger partial charge in [0, 0.05) is 19.3 Å². The molecule has 0 aliphatic rings. The minimum atomic E-state index is -0.386. The topological polar surface area (TPSA) is 111 Å². The lowest BCUT2D eigenvalue weighted by atomic mass is 10.1. The fraction of sp³-hybridized carbons (Fsp3) is 0.308. The SMILES string of the molecule is COc1ccc(CCn2c(=N)c(C(=O)NCC(C)C)cc3c(=O)n4ccccc4nc32)cc1OC. The molecule has 0 spiro atoms. The second-order valence-electron chi connectivity index (χ2n) is 8.68. The Kier molecular flexibility index (Phi) is 6.86. The van der Waals surface area contributed by atoms with Crippen LogP contribution in [0.15, 0.2) is 53.5 Å². The molecule has 0 atom stereocenters. The molecule has 0 radical (unpaired) electrons. The third kappa shape index (κ3) is 4.75. The van der Waals surface area contributed by atoms with Crippen molar-refractivity contribution in [3.63, 3.8) is 0 Å². The summed E-state index contributed by atoms with van der Waals surface area (Å²) in [6.45, 7) is 4.80. The van der Waals surface area contributed by atoms with Gasteiger partial charge in [0.1, 0.15) is 16.8 Å². The second kappa shape index (κ2) is 10.0. The number of nitrogens with zero attached hydrogens (tertiary/aromatic N) is 3. The van der Waals surface area contributed by atoms with Crippen molar-refractivity contribution in [2.75, 3.05) is 20.8 Å². The van der Waals surface area contributed by atoms with E-state index in [1.54, 1.807) is 43.2 Å². The van der Waals surface area contributed by atoms with Crippen LogP contribution in [0.5, 0.6) is 11.5 Å². The smallest absolute Gasteiger partial charge is 0.267 e. The summed E-state index contributed by atoms with van der Waals surface area (Å²) in [6, 6.07) is 12.4. The highest BCUT2D eigenvalue weighted by Crippen LogP contribution is 2.27. The summed E-state index contributed by atoms with van der Waals surface area (Å²) in [4.78, 5) is 30.9. The van der Waals surface area contributed by atoms with Crippen LogP contribution < -0.4 is 25.8 Å². The van der Waals surface area contributed by atoms with Crippen molar-refractivity contribution in [1.29, 1.82) is 5.41 Å². The molecule has 3 aromatic heterocycles. The van der Waals surface area contributed by atoms with Crippen LogP contribution in [0, 0.1) is 11.3 Å². The van der Waals surface area contributed by atoms with E-state index in [4.69, 9.17) is 14.9 Å². The quantitative estimate of drug-likeness (QED) is 0.381. The molecule has 182 valence electrons. The number of aromatic nitrogens is 3. The van der Waals surface area contributed by atoms with E-state index in [2.05, 4.69) is 10.3 Å². The third-order valence-electron chi connectivity index (χ3n) is 5.81. The molecular formula is C26H29N5O4. The van der Waals surface area contributed by atoms with Gasteiger partial charge in [-0.15, -0.1) is 0 Å². The molecule has 0 aliphatic heterocycles. The fourth-order valence-corrected chi connectivity index (χ4v) is 3.95. The number of pyridine rings is 2. The number of fused-ring (bicyclic) bond motifs is 2. The lowest BCUT2D eigenvalue weighted by molar-refractivity contribution is 0.0946. The molecule has 2 N–H and O–H groups in total. The average molecular weight is 476 g/mol. The number of rotatable bonds is 8. The molecule has 0 aliphatic carbocycles. The van der Waals surface area contributed by atoms with Gasteiger partial charge in [-0.05, 0) is 48.2 Å². The van der Waals surface area contributed by atoms with Gasteiger partial charge in [0.25, 0.3) is 11.5 Å². The normalized spacial score (nSPS) is 11.2. The lowest BCUT2D eigenvalue weighted by Crippen LogP contribution is -2.36. The Morgan fingerprint density at radius 3 is 2.60 bits per heavy atom. The van der Waals surface area contributed by atoms with E-state index in [1.165, 1.54) is 10.5 Å². The third-order valence-corrected chi connectivity index (χ3v) is 5.81. The fourth-order valence-electron chi connectivity index (χ4n) is 3.95. The Morgan fingerprint density at radius 2 is 1.89 bits per heavy atom. The number of amides is 1. The van der Waals surface area contributed by atoms with E-state index in [0.717, 1.165) is 5.56 Å². The van der Waals surface area contributed by atoms with Gasteiger partial charge >= 0.3 is 0 Å². The van der Waals surface area contributed by atoms with Crippen LogP contribution in [0.2, 0.25) is 0 Å². The zero-order valence-electron chi connectivity index (χ0n) is 20.3. The summed E-state index contributed by atoms with van der Waals surface area (Å²) in [7, 11) is 3.16. The number of ether oxygens (including phenoxy) is 2. The highest BCUT2D eigenvalue weighted by molar-refractivity contribution is 5.96. The molecule has 0 fully saturated rings. The van der Waals surface area contributed by atoms with Crippen LogP contribution in [-0.4, -0.2) is 40.6 Å². The number of hydrogen-bond donors (Lipinski definition) is 2. The first-order valence-electron chi connectivity index (χ1n) is 11.4. The Bertz CT molecular complexity index is 1520. The molecule has 1 amide bonds. The number of methoxy groups -OCH3 is 2. The second-order valence-corrected chi connectivity index (χ2v) is 8.68. The predicted molar refractivity (Wildman–Crippen MR) is 133 cm³/mol. The summed E-state index contributed by atoms with van der Waals surface area (Å²) in [6.07, 6.45) is 2.17. The minimum Gasteiger partial charge on any atom is -0.493 e. The molecule has 0 saturated heterocycles. The molecule has 0 unspecified atom stereocenters. The summed E-state index contributed by atoms with van der Waals surface area (Å²) in [5.74, 6) is 1.10. The summed E-state index contributed by atoms with van der Waals surface area (Å²) in [5, 5.41) is 12.0. The van der Waals surface area contributed by atoms with Gasteiger partial charge in [-0.25, -0.2) is 4.98 Å². The lowest BCUT2D eigenvalue weighted by Gasteiger charge is -2.16. The van der Waals surface area contributed by atoms with E-state index in [1.807, 2.05) is 32.0 Å². The highest BCUT2D eigenvalue weighted by atomic mass is 16.5. The van der Waals surface area contributed by atoms with Crippen molar-refractivity contribution in [2.24, 2.45) is 5.92 Å². The molecule has 1 aromatic carbocycles. The number of carbonyl (C=O) groups is 1. The van der Waals surface area contributed by atoms with E-state index in [0.29, 0.717) is 42.3 Å². The van der Waals surface area contributed by atoms with E-state index in [-0.39, 0.29) is 33.8 Å². The van der Waals surface area contributed by atoms with Crippen molar-refractivity contribution >= 4 is 22.6 Å².